The Labute approximate surface area is 164 Å². The molecule has 0 aromatic carbocycles. The monoisotopic (exact) mass is 383 g/mol. The smallest absolute Gasteiger partial charge is 0.320 e. The molecule has 2 aromatic heterocycles. The van der Waals surface area contributed by atoms with Gasteiger partial charge in [0.05, 0.1) is 19.6 Å². The second kappa shape index (κ2) is 7.59. The van der Waals surface area contributed by atoms with Crippen LogP contribution >= 0.6 is 0 Å². The number of carbonyl (C=O) groups excluding carboxylic acids is 1. The maximum Gasteiger partial charge on any atom is 0.320 e. The number of nitrogens with two attached hydrogens (primary N) is 1. The first-order valence-electron chi connectivity index (χ1n) is 9.53. The maximum absolute atomic E-state index is 12.5. The van der Waals surface area contributed by atoms with Crippen LogP contribution in [0.4, 0.5) is 17.5 Å². The van der Waals surface area contributed by atoms with Crippen molar-refractivity contribution in [1.29, 1.82) is 0 Å². The molecule has 4 heterocycles. The minimum Gasteiger partial charge on any atom is -0.464 e. The van der Waals surface area contributed by atoms with Crippen molar-refractivity contribution in [3.8, 4) is 6.01 Å². The average molecular weight is 383 g/mol. The fraction of sp³-hybridized carbons (Fsp3) is 0.474. The van der Waals surface area contributed by atoms with Gasteiger partial charge in [0.15, 0.2) is 0 Å². The molecule has 0 bridgehead atoms. The molecule has 0 spiro atoms. The lowest BCUT2D eigenvalue weighted by Gasteiger charge is -2.33. The van der Waals surface area contributed by atoms with Crippen molar-refractivity contribution in [2.45, 2.75) is 19.9 Å². The molecule has 9 heteroatoms. The second-order valence-electron chi connectivity index (χ2n) is 7.10. The Kier molecular flexibility index (Phi) is 4.99. The first-order chi connectivity index (χ1) is 13.5. The lowest BCUT2D eigenvalue weighted by atomic mass is 10.2. The molecule has 2 aliphatic rings. The molecule has 2 aromatic rings. The standard InChI is InChI=1S/C19H25N7O2/c1-3-28-19-22-17(20)14-10-16(27)26(18(14)23-19)12-13-4-5-15(21-11-13)25-8-6-24(2)7-9-25/h4-5,11H,3,6-10,12H2,1-2H3,(H2,20,22,23). The van der Waals surface area contributed by atoms with E-state index in [0.717, 1.165) is 37.6 Å². The minimum atomic E-state index is -0.0483. The fourth-order valence-electron chi connectivity index (χ4n) is 3.50. The van der Waals surface area contributed by atoms with Crippen molar-refractivity contribution in [1.82, 2.24) is 19.9 Å². The van der Waals surface area contributed by atoms with E-state index in [9.17, 15) is 4.79 Å². The molecule has 0 aliphatic carbocycles. The number of piperazine rings is 1. The van der Waals surface area contributed by atoms with Gasteiger partial charge >= 0.3 is 6.01 Å². The van der Waals surface area contributed by atoms with E-state index in [4.69, 9.17) is 10.5 Å². The van der Waals surface area contributed by atoms with E-state index < -0.39 is 0 Å². The summed E-state index contributed by atoms with van der Waals surface area (Å²) in [5.74, 6) is 1.75. The molecule has 148 valence electrons. The quantitative estimate of drug-likeness (QED) is 0.805. The summed E-state index contributed by atoms with van der Waals surface area (Å²) in [4.78, 5) is 31.9. The summed E-state index contributed by atoms with van der Waals surface area (Å²) in [6.45, 7) is 6.68. The molecule has 2 N–H and O–H groups in total. The number of likely N-dealkylation sites (N-methyl/N-ethyl adjacent to an activating group) is 1. The molecule has 28 heavy (non-hydrogen) atoms. The van der Waals surface area contributed by atoms with Crippen molar-refractivity contribution in [3.63, 3.8) is 0 Å². The van der Waals surface area contributed by atoms with Crippen molar-refractivity contribution in [2.24, 2.45) is 0 Å². The SMILES string of the molecule is CCOc1nc(N)c2c(n1)N(Cc1ccc(N3CCN(C)CC3)nc1)C(=O)C2. The number of aromatic nitrogens is 3. The average Bonchev–Trinajstić information content (AvgIpc) is 3.00. The summed E-state index contributed by atoms with van der Waals surface area (Å²) in [5, 5.41) is 0. The highest BCUT2D eigenvalue weighted by atomic mass is 16.5. The van der Waals surface area contributed by atoms with Crippen LogP contribution in [-0.2, 0) is 17.8 Å². The summed E-state index contributed by atoms with van der Waals surface area (Å²) < 4.78 is 5.37. The lowest BCUT2D eigenvalue weighted by molar-refractivity contribution is -0.117. The van der Waals surface area contributed by atoms with E-state index in [2.05, 4.69) is 31.8 Å². The lowest BCUT2D eigenvalue weighted by Crippen LogP contribution is -2.44. The summed E-state index contributed by atoms with van der Waals surface area (Å²) in [7, 11) is 2.13. The van der Waals surface area contributed by atoms with Crippen LogP contribution in [0.3, 0.4) is 0 Å². The Hall–Kier alpha value is -2.94. The van der Waals surface area contributed by atoms with Gasteiger partial charge in [-0.05, 0) is 25.6 Å². The zero-order chi connectivity index (χ0) is 19.7. The molecule has 0 unspecified atom stereocenters. The van der Waals surface area contributed by atoms with E-state index in [1.54, 1.807) is 4.90 Å². The van der Waals surface area contributed by atoms with Crippen LogP contribution < -0.4 is 20.3 Å². The number of fused-ring (bicyclic) bond motifs is 1. The third-order valence-electron chi connectivity index (χ3n) is 5.13. The molecule has 9 nitrogen and oxygen atoms in total. The molecule has 2 aliphatic heterocycles. The minimum absolute atomic E-state index is 0.0483. The van der Waals surface area contributed by atoms with Crippen LogP contribution in [0.2, 0.25) is 0 Å². The molecule has 1 fully saturated rings. The predicted molar refractivity (Wildman–Crippen MR) is 106 cm³/mol. The largest absolute Gasteiger partial charge is 0.464 e. The van der Waals surface area contributed by atoms with E-state index in [1.807, 2.05) is 25.3 Å². The second-order valence-corrected chi connectivity index (χ2v) is 7.10. The number of hydrogen-bond donors (Lipinski definition) is 1. The van der Waals surface area contributed by atoms with Gasteiger partial charge in [-0.1, -0.05) is 6.07 Å². The number of pyridine rings is 1. The van der Waals surface area contributed by atoms with Crippen molar-refractivity contribution in [3.05, 3.63) is 29.5 Å². The Morgan fingerprint density at radius 2 is 1.96 bits per heavy atom. The topological polar surface area (TPSA) is 101 Å². The molecule has 0 radical (unpaired) electrons. The Bertz CT molecular complexity index is 863. The van der Waals surface area contributed by atoms with Gasteiger partial charge in [-0.15, -0.1) is 0 Å². The van der Waals surface area contributed by atoms with E-state index in [-0.39, 0.29) is 18.3 Å². The van der Waals surface area contributed by atoms with Gasteiger partial charge in [0.1, 0.15) is 17.5 Å². The molecule has 1 amide bonds. The summed E-state index contributed by atoms with van der Waals surface area (Å²) >= 11 is 0. The van der Waals surface area contributed by atoms with E-state index >= 15 is 0 Å². The Morgan fingerprint density at radius 1 is 1.18 bits per heavy atom. The van der Waals surface area contributed by atoms with Gasteiger partial charge in [-0.2, -0.15) is 9.97 Å². The first kappa shape index (κ1) is 18.4. The van der Waals surface area contributed by atoms with Crippen molar-refractivity contribution < 1.29 is 9.53 Å². The van der Waals surface area contributed by atoms with Gasteiger partial charge in [0.25, 0.3) is 0 Å². The van der Waals surface area contributed by atoms with Crippen LogP contribution in [0.5, 0.6) is 6.01 Å². The van der Waals surface area contributed by atoms with Crippen LogP contribution in [0.25, 0.3) is 0 Å². The van der Waals surface area contributed by atoms with Crippen molar-refractivity contribution >= 4 is 23.4 Å². The van der Waals surface area contributed by atoms with Gasteiger partial charge in [0, 0.05) is 37.9 Å². The van der Waals surface area contributed by atoms with Gasteiger partial charge in [-0.25, -0.2) is 4.98 Å². The first-order valence-corrected chi connectivity index (χ1v) is 9.53. The summed E-state index contributed by atoms with van der Waals surface area (Å²) in [6, 6.07) is 4.23. The van der Waals surface area contributed by atoms with Crippen LogP contribution in [0.1, 0.15) is 18.1 Å². The fourth-order valence-corrected chi connectivity index (χ4v) is 3.50. The normalized spacial score (nSPS) is 17.1. The zero-order valence-electron chi connectivity index (χ0n) is 16.3. The maximum atomic E-state index is 12.5. The number of nitrogen functional groups attached to an aromatic ring is 1. The highest BCUT2D eigenvalue weighted by Gasteiger charge is 2.32. The third kappa shape index (κ3) is 3.57. The highest BCUT2D eigenvalue weighted by Crippen LogP contribution is 2.33. The zero-order valence-corrected chi connectivity index (χ0v) is 16.3. The molecular weight excluding hydrogens is 358 g/mol. The predicted octanol–water partition coefficient (Wildman–Crippen LogP) is 0.694. The van der Waals surface area contributed by atoms with Crippen molar-refractivity contribution in [2.75, 3.05) is 55.4 Å². The molecular formula is C19H25N7O2. The van der Waals surface area contributed by atoms with Crippen LogP contribution in [0, 0.1) is 0 Å². The molecule has 1 saturated heterocycles. The van der Waals surface area contributed by atoms with E-state index in [0.29, 0.717) is 30.4 Å². The summed E-state index contributed by atoms with van der Waals surface area (Å²) in [5.41, 5.74) is 7.60. The molecule has 4 rings (SSSR count). The van der Waals surface area contributed by atoms with Crippen LogP contribution in [0.15, 0.2) is 18.3 Å². The van der Waals surface area contributed by atoms with Gasteiger partial charge in [-0.3, -0.25) is 9.69 Å². The number of nitrogens with zero attached hydrogens (tertiary/aromatic N) is 6. The number of amides is 1. The third-order valence-corrected chi connectivity index (χ3v) is 5.13. The Balaban J connectivity index is 1.51. The Morgan fingerprint density at radius 3 is 2.64 bits per heavy atom. The molecule has 0 saturated carbocycles. The highest BCUT2D eigenvalue weighted by molar-refractivity contribution is 6.01. The van der Waals surface area contributed by atoms with Gasteiger partial charge < -0.3 is 20.3 Å². The number of hydrogen-bond acceptors (Lipinski definition) is 8. The van der Waals surface area contributed by atoms with Crippen LogP contribution in [-0.4, -0.2) is 65.6 Å². The number of ether oxygens (including phenoxy) is 1. The molecule has 0 atom stereocenters. The summed E-state index contributed by atoms with van der Waals surface area (Å²) in [6.07, 6.45) is 2.04. The number of anilines is 3. The number of carbonyl (C=O) groups is 1. The number of rotatable bonds is 5. The van der Waals surface area contributed by atoms with Gasteiger partial charge in [0.2, 0.25) is 5.91 Å². The van der Waals surface area contributed by atoms with E-state index in [1.165, 1.54) is 0 Å².